The molecule has 2 nitrogen and oxygen atoms in total. The molecule has 1 aromatic rings. The van der Waals surface area contributed by atoms with E-state index in [1.54, 1.807) is 0 Å². The zero-order valence-corrected chi connectivity index (χ0v) is 12.8. The van der Waals surface area contributed by atoms with E-state index < -0.39 is 0 Å². The molecule has 1 unspecified atom stereocenters. The smallest absolute Gasteiger partial charge is 0.0469 e. The molecule has 0 radical (unpaired) electrons. The molecule has 102 valence electrons. The van der Waals surface area contributed by atoms with Gasteiger partial charge in [-0.3, -0.25) is 0 Å². The number of rotatable bonds is 9. The van der Waals surface area contributed by atoms with Crippen molar-refractivity contribution in [3.05, 3.63) is 34.3 Å². The highest BCUT2D eigenvalue weighted by Crippen LogP contribution is 2.16. The van der Waals surface area contributed by atoms with Crippen LogP contribution >= 0.6 is 15.9 Å². The summed E-state index contributed by atoms with van der Waals surface area (Å²) >= 11 is 3.50. The molecular formula is C15H24BrNO. The highest BCUT2D eigenvalue weighted by molar-refractivity contribution is 9.10. The van der Waals surface area contributed by atoms with Crippen LogP contribution in [0.1, 0.15) is 31.7 Å². The normalized spacial score (nSPS) is 12.6. The molecule has 1 rings (SSSR count). The second kappa shape index (κ2) is 9.54. The van der Waals surface area contributed by atoms with Crippen LogP contribution in [0.2, 0.25) is 0 Å². The largest absolute Gasteiger partial charge is 0.381 e. The fourth-order valence-electron chi connectivity index (χ4n) is 1.90. The molecule has 0 spiro atoms. The minimum absolute atomic E-state index is 0.515. The molecule has 18 heavy (non-hydrogen) atoms. The first-order valence-corrected chi connectivity index (χ1v) is 7.57. The van der Waals surface area contributed by atoms with Gasteiger partial charge in [0, 0.05) is 17.7 Å². The van der Waals surface area contributed by atoms with Crippen LogP contribution < -0.4 is 5.73 Å². The van der Waals surface area contributed by atoms with Gasteiger partial charge in [0.25, 0.3) is 0 Å². The van der Waals surface area contributed by atoms with Crippen molar-refractivity contribution in [3.8, 4) is 0 Å². The van der Waals surface area contributed by atoms with Gasteiger partial charge < -0.3 is 10.5 Å². The van der Waals surface area contributed by atoms with Gasteiger partial charge in [-0.1, -0.05) is 41.4 Å². The van der Waals surface area contributed by atoms with Crippen molar-refractivity contribution >= 4 is 15.9 Å². The lowest BCUT2D eigenvalue weighted by atomic mass is 9.97. The summed E-state index contributed by atoms with van der Waals surface area (Å²) in [5.41, 5.74) is 7.17. The Balaban J connectivity index is 2.28. The Morgan fingerprint density at radius 1 is 1.33 bits per heavy atom. The Morgan fingerprint density at radius 2 is 2.17 bits per heavy atom. The topological polar surface area (TPSA) is 35.2 Å². The molecule has 1 aromatic carbocycles. The third-order valence-electron chi connectivity index (χ3n) is 3.06. The number of unbranched alkanes of at least 4 members (excludes halogenated alkanes) is 1. The van der Waals surface area contributed by atoms with Gasteiger partial charge in [-0.2, -0.15) is 0 Å². The first-order chi connectivity index (χ1) is 8.76. The molecule has 3 heteroatoms. The summed E-state index contributed by atoms with van der Waals surface area (Å²) in [5, 5.41) is 0. The molecule has 0 amide bonds. The van der Waals surface area contributed by atoms with Crippen molar-refractivity contribution in [1.29, 1.82) is 0 Å². The van der Waals surface area contributed by atoms with E-state index in [0.717, 1.165) is 43.5 Å². The van der Waals surface area contributed by atoms with Crippen molar-refractivity contribution in [2.45, 2.75) is 32.6 Å². The summed E-state index contributed by atoms with van der Waals surface area (Å²) in [4.78, 5) is 0. The Kier molecular flexibility index (Phi) is 8.31. The molecule has 0 saturated carbocycles. The van der Waals surface area contributed by atoms with Crippen LogP contribution in [-0.4, -0.2) is 19.8 Å². The van der Waals surface area contributed by atoms with Gasteiger partial charge in [-0.05, 0) is 49.4 Å². The Labute approximate surface area is 119 Å². The van der Waals surface area contributed by atoms with Crippen molar-refractivity contribution in [1.82, 2.24) is 0 Å². The zero-order valence-electron chi connectivity index (χ0n) is 11.2. The summed E-state index contributed by atoms with van der Waals surface area (Å²) in [6, 6.07) is 8.45. The highest BCUT2D eigenvalue weighted by atomic mass is 79.9. The number of ether oxygens (including phenoxy) is 1. The maximum Gasteiger partial charge on any atom is 0.0469 e. The molecule has 0 heterocycles. The van der Waals surface area contributed by atoms with E-state index in [4.69, 9.17) is 10.5 Å². The SMILES string of the molecule is CCCCOCCC(CN)Cc1cccc(Br)c1. The first-order valence-electron chi connectivity index (χ1n) is 6.78. The van der Waals surface area contributed by atoms with Crippen LogP contribution in [0, 0.1) is 5.92 Å². The minimum Gasteiger partial charge on any atom is -0.381 e. The van der Waals surface area contributed by atoms with Crippen molar-refractivity contribution in [2.24, 2.45) is 11.7 Å². The standard InChI is InChI=1S/C15H24BrNO/c1-2-3-8-18-9-7-14(12-17)10-13-5-4-6-15(16)11-13/h4-6,11,14H,2-3,7-10,12,17H2,1H3. The predicted molar refractivity (Wildman–Crippen MR) is 80.7 cm³/mol. The van der Waals surface area contributed by atoms with E-state index in [2.05, 4.69) is 47.1 Å². The van der Waals surface area contributed by atoms with Gasteiger partial charge in [0.2, 0.25) is 0 Å². The summed E-state index contributed by atoms with van der Waals surface area (Å²) < 4.78 is 6.74. The average Bonchev–Trinajstić information content (AvgIpc) is 2.37. The summed E-state index contributed by atoms with van der Waals surface area (Å²) in [5.74, 6) is 0.515. The van der Waals surface area contributed by atoms with Crippen molar-refractivity contribution < 1.29 is 4.74 Å². The fourth-order valence-corrected chi connectivity index (χ4v) is 2.35. The van der Waals surface area contributed by atoms with Crippen molar-refractivity contribution in [3.63, 3.8) is 0 Å². The minimum atomic E-state index is 0.515. The monoisotopic (exact) mass is 313 g/mol. The Hall–Kier alpha value is -0.380. The maximum absolute atomic E-state index is 5.83. The quantitative estimate of drug-likeness (QED) is 0.704. The number of hydrogen-bond acceptors (Lipinski definition) is 2. The lowest BCUT2D eigenvalue weighted by Gasteiger charge is -2.15. The Morgan fingerprint density at radius 3 is 2.83 bits per heavy atom. The molecule has 0 aliphatic rings. The lowest BCUT2D eigenvalue weighted by molar-refractivity contribution is 0.118. The molecule has 0 aliphatic carbocycles. The summed E-state index contributed by atoms with van der Waals surface area (Å²) in [6.45, 7) is 4.61. The number of benzene rings is 1. The number of hydrogen-bond donors (Lipinski definition) is 1. The highest BCUT2D eigenvalue weighted by Gasteiger charge is 2.08. The molecule has 2 N–H and O–H groups in total. The van der Waals surface area contributed by atoms with E-state index in [9.17, 15) is 0 Å². The summed E-state index contributed by atoms with van der Waals surface area (Å²) in [6.07, 6.45) is 4.43. The van der Waals surface area contributed by atoms with Crippen LogP contribution in [-0.2, 0) is 11.2 Å². The van der Waals surface area contributed by atoms with E-state index in [1.807, 2.05) is 0 Å². The van der Waals surface area contributed by atoms with Crippen LogP contribution in [0.3, 0.4) is 0 Å². The molecule has 0 bridgehead atoms. The molecular weight excluding hydrogens is 290 g/mol. The fraction of sp³-hybridized carbons (Fsp3) is 0.600. The van der Waals surface area contributed by atoms with Gasteiger partial charge in [0.05, 0.1) is 0 Å². The molecule has 0 aliphatic heterocycles. The van der Waals surface area contributed by atoms with Crippen LogP contribution in [0.4, 0.5) is 0 Å². The second-order valence-corrected chi connectivity index (χ2v) is 5.61. The van der Waals surface area contributed by atoms with Crippen molar-refractivity contribution in [2.75, 3.05) is 19.8 Å². The van der Waals surface area contributed by atoms with Crippen LogP contribution in [0.15, 0.2) is 28.7 Å². The van der Waals surface area contributed by atoms with E-state index >= 15 is 0 Å². The summed E-state index contributed by atoms with van der Waals surface area (Å²) in [7, 11) is 0. The maximum atomic E-state index is 5.83. The van der Waals surface area contributed by atoms with Crippen LogP contribution in [0.25, 0.3) is 0 Å². The van der Waals surface area contributed by atoms with E-state index in [-0.39, 0.29) is 0 Å². The van der Waals surface area contributed by atoms with E-state index in [0.29, 0.717) is 5.92 Å². The van der Waals surface area contributed by atoms with Gasteiger partial charge in [-0.15, -0.1) is 0 Å². The lowest BCUT2D eigenvalue weighted by Crippen LogP contribution is -2.19. The average molecular weight is 314 g/mol. The van der Waals surface area contributed by atoms with Gasteiger partial charge >= 0.3 is 0 Å². The van der Waals surface area contributed by atoms with Gasteiger partial charge in [0.1, 0.15) is 0 Å². The second-order valence-electron chi connectivity index (χ2n) is 4.69. The first kappa shape index (κ1) is 15.7. The molecule has 0 fully saturated rings. The number of halogens is 1. The zero-order chi connectivity index (χ0) is 13.2. The van der Waals surface area contributed by atoms with E-state index in [1.165, 1.54) is 12.0 Å². The van der Waals surface area contributed by atoms with Gasteiger partial charge in [-0.25, -0.2) is 0 Å². The number of nitrogens with two attached hydrogens (primary N) is 1. The van der Waals surface area contributed by atoms with Crippen LogP contribution in [0.5, 0.6) is 0 Å². The Bertz CT molecular complexity index is 330. The molecule has 0 aromatic heterocycles. The molecule has 0 saturated heterocycles. The molecule has 1 atom stereocenters. The third kappa shape index (κ3) is 6.53. The predicted octanol–water partition coefficient (Wildman–Crippen LogP) is 3.77. The van der Waals surface area contributed by atoms with Gasteiger partial charge in [0.15, 0.2) is 0 Å². The third-order valence-corrected chi connectivity index (χ3v) is 3.55.